The van der Waals surface area contributed by atoms with E-state index in [-0.39, 0.29) is 18.3 Å². The summed E-state index contributed by atoms with van der Waals surface area (Å²) in [4.78, 5) is 12.1. The molecule has 3 heteroatoms. The van der Waals surface area contributed by atoms with Crippen LogP contribution >= 0.6 is 0 Å². The van der Waals surface area contributed by atoms with Gasteiger partial charge in [0.25, 0.3) is 0 Å². The maximum Gasteiger partial charge on any atom is 0.325 e. The molecule has 2 nitrogen and oxygen atoms in total. The average Bonchev–Trinajstić information content (AvgIpc) is 2.75. The predicted molar refractivity (Wildman–Crippen MR) is 91.6 cm³/mol. The monoisotopic (exact) mass is 290 g/mol. The molecule has 0 unspecified atom stereocenters. The Morgan fingerprint density at radius 3 is 2.59 bits per heavy atom. The van der Waals surface area contributed by atoms with E-state index in [0.717, 1.165) is 5.56 Å². The molecule has 0 atom stereocenters. The number of rotatable bonds is 3. The van der Waals surface area contributed by atoms with Crippen LogP contribution in [0.15, 0.2) is 54.6 Å². The second-order valence-corrected chi connectivity index (χ2v) is 6.18. The van der Waals surface area contributed by atoms with Crippen molar-refractivity contribution in [2.75, 3.05) is 0 Å². The average molecular weight is 290 g/mol. The second kappa shape index (κ2) is 5.58. The van der Waals surface area contributed by atoms with Crippen molar-refractivity contribution in [2.45, 2.75) is 26.3 Å². The number of benzene rings is 2. The van der Waals surface area contributed by atoms with Crippen molar-refractivity contribution in [1.82, 2.24) is 0 Å². The van der Waals surface area contributed by atoms with Crippen molar-refractivity contribution in [3.05, 3.63) is 71.3 Å². The van der Waals surface area contributed by atoms with Crippen LogP contribution in [0.1, 0.15) is 35.3 Å². The summed E-state index contributed by atoms with van der Waals surface area (Å²) in [5.74, 6) is 0.0192. The van der Waals surface area contributed by atoms with Crippen molar-refractivity contribution in [3.8, 4) is 0 Å². The third kappa shape index (κ3) is 2.77. The van der Waals surface area contributed by atoms with Crippen LogP contribution in [-0.4, -0.2) is 12.7 Å². The molecule has 22 heavy (non-hydrogen) atoms. The van der Waals surface area contributed by atoms with Gasteiger partial charge >= 0.3 is 6.92 Å². The Morgan fingerprint density at radius 1 is 1.14 bits per heavy atom. The SMILES string of the molecule is CB1OC(C)(C)c2ccc(/C=C/C(=O)c3ccccc3)cc21. The lowest BCUT2D eigenvalue weighted by Gasteiger charge is -2.20. The summed E-state index contributed by atoms with van der Waals surface area (Å²) in [7, 11) is 0. The Kier molecular flexibility index (Phi) is 3.75. The molecule has 1 heterocycles. The van der Waals surface area contributed by atoms with E-state index in [2.05, 4.69) is 32.8 Å². The van der Waals surface area contributed by atoms with Crippen molar-refractivity contribution in [3.63, 3.8) is 0 Å². The van der Waals surface area contributed by atoms with Crippen molar-refractivity contribution >= 4 is 24.2 Å². The topological polar surface area (TPSA) is 26.3 Å². The Hall–Kier alpha value is -2.13. The van der Waals surface area contributed by atoms with Gasteiger partial charge in [0.15, 0.2) is 5.78 Å². The van der Waals surface area contributed by atoms with Crippen LogP contribution in [0.5, 0.6) is 0 Å². The minimum atomic E-state index is -0.239. The molecule has 0 aromatic heterocycles. The van der Waals surface area contributed by atoms with E-state index in [9.17, 15) is 4.79 Å². The van der Waals surface area contributed by atoms with Crippen molar-refractivity contribution < 1.29 is 9.45 Å². The lowest BCUT2D eigenvalue weighted by Crippen LogP contribution is -2.24. The van der Waals surface area contributed by atoms with E-state index in [4.69, 9.17) is 4.65 Å². The first-order valence-corrected chi connectivity index (χ1v) is 7.57. The third-order valence-corrected chi connectivity index (χ3v) is 4.12. The van der Waals surface area contributed by atoms with Crippen LogP contribution in [0.2, 0.25) is 6.82 Å². The van der Waals surface area contributed by atoms with Gasteiger partial charge in [-0.05, 0) is 36.5 Å². The Labute approximate surface area is 131 Å². The van der Waals surface area contributed by atoms with Gasteiger partial charge in [-0.15, -0.1) is 0 Å². The van der Waals surface area contributed by atoms with E-state index in [1.54, 1.807) is 6.08 Å². The van der Waals surface area contributed by atoms with Gasteiger partial charge in [-0.25, -0.2) is 0 Å². The summed E-state index contributed by atoms with van der Waals surface area (Å²) in [5.41, 5.74) is 3.93. The molecule has 2 aromatic rings. The van der Waals surface area contributed by atoms with E-state index in [1.807, 2.05) is 42.5 Å². The molecule has 0 spiro atoms. The largest absolute Gasteiger partial charge is 0.422 e. The number of carbonyl (C=O) groups is 1. The Morgan fingerprint density at radius 2 is 1.86 bits per heavy atom. The maximum absolute atomic E-state index is 12.1. The van der Waals surface area contributed by atoms with Gasteiger partial charge in [0.2, 0.25) is 0 Å². The molecule has 0 radical (unpaired) electrons. The number of hydrogen-bond acceptors (Lipinski definition) is 2. The quantitative estimate of drug-likeness (QED) is 0.490. The maximum atomic E-state index is 12.1. The zero-order chi connectivity index (χ0) is 15.7. The van der Waals surface area contributed by atoms with Gasteiger partial charge in [-0.2, -0.15) is 0 Å². The van der Waals surface area contributed by atoms with Gasteiger partial charge in [0.05, 0.1) is 5.60 Å². The normalized spacial score (nSPS) is 16.0. The fraction of sp³-hybridized carbons (Fsp3) is 0.211. The van der Waals surface area contributed by atoms with Crippen LogP contribution in [0, 0.1) is 0 Å². The number of fused-ring (bicyclic) bond motifs is 1. The first kappa shape index (κ1) is 14.8. The fourth-order valence-electron chi connectivity index (χ4n) is 3.01. The third-order valence-electron chi connectivity index (χ3n) is 4.12. The van der Waals surface area contributed by atoms with Gasteiger partial charge in [0.1, 0.15) is 0 Å². The molecule has 0 fully saturated rings. The highest BCUT2D eigenvalue weighted by Gasteiger charge is 2.37. The molecule has 110 valence electrons. The van der Waals surface area contributed by atoms with Crippen LogP contribution in [0.3, 0.4) is 0 Å². The summed E-state index contributed by atoms with van der Waals surface area (Å²) in [6.07, 6.45) is 3.50. The standard InChI is InChI=1S/C19H19BO2/c1-19(2)16-11-9-14(13-17(16)20(3)22-19)10-12-18(21)15-7-5-4-6-8-15/h4-13H,1-3H3/b12-10+. The summed E-state index contributed by atoms with van der Waals surface area (Å²) in [6.45, 7) is 6.33. The molecular weight excluding hydrogens is 271 g/mol. The van der Waals surface area contributed by atoms with E-state index >= 15 is 0 Å². The van der Waals surface area contributed by atoms with Crippen molar-refractivity contribution in [2.24, 2.45) is 0 Å². The Balaban J connectivity index is 1.84. The minimum absolute atomic E-state index is 0.0192. The Bertz CT molecular complexity index is 732. The highest BCUT2D eigenvalue weighted by molar-refractivity contribution is 6.67. The molecular formula is C19H19BO2. The smallest absolute Gasteiger partial charge is 0.325 e. The summed E-state index contributed by atoms with van der Waals surface area (Å²) < 4.78 is 5.98. The highest BCUT2D eigenvalue weighted by Crippen LogP contribution is 2.30. The lowest BCUT2D eigenvalue weighted by molar-refractivity contribution is 0.104. The zero-order valence-corrected chi connectivity index (χ0v) is 13.2. The molecule has 0 saturated heterocycles. The van der Waals surface area contributed by atoms with Crippen LogP contribution in [0.4, 0.5) is 0 Å². The minimum Gasteiger partial charge on any atom is -0.422 e. The molecule has 3 rings (SSSR count). The highest BCUT2D eigenvalue weighted by atomic mass is 16.5. The van der Waals surface area contributed by atoms with E-state index < -0.39 is 0 Å². The zero-order valence-electron chi connectivity index (χ0n) is 13.2. The number of ketones is 1. The lowest BCUT2D eigenvalue weighted by atomic mass is 9.63. The summed E-state index contributed by atoms with van der Waals surface area (Å²) in [5, 5.41) is 0. The molecule has 2 aromatic carbocycles. The van der Waals surface area contributed by atoms with Crippen molar-refractivity contribution in [1.29, 1.82) is 0 Å². The van der Waals surface area contributed by atoms with E-state index in [1.165, 1.54) is 11.0 Å². The molecule has 0 N–H and O–H groups in total. The number of carbonyl (C=O) groups excluding carboxylic acids is 1. The molecule has 0 saturated carbocycles. The summed E-state index contributed by atoms with van der Waals surface area (Å²) in [6, 6.07) is 15.6. The van der Waals surface area contributed by atoms with Gasteiger partial charge in [-0.1, -0.05) is 61.4 Å². The molecule has 0 bridgehead atoms. The van der Waals surface area contributed by atoms with Gasteiger partial charge in [0, 0.05) is 5.56 Å². The van der Waals surface area contributed by atoms with Crippen LogP contribution in [0.25, 0.3) is 6.08 Å². The second-order valence-electron chi connectivity index (χ2n) is 6.18. The first-order valence-electron chi connectivity index (χ1n) is 7.57. The first-order chi connectivity index (χ1) is 10.5. The molecule has 1 aliphatic heterocycles. The predicted octanol–water partition coefficient (Wildman–Crippen LogP) is 3.68. The fourth-order valence-corrected chi connectivity index (χ4v) is 3.01. The van der Waals surface area contributed by atoms with Crippen LogP contribution in [-0.2, 0) is 10.3 Å². The van der Waals surface area contributed by atoms with E-state index in [0.29, 0.717) is 5.56 Å². The number of allylic oxidation sites excluding steroid dienone is 1. The molecule has 1 aliphatic rings. The van der Waals surface area contributed by atoms with Crippen LogP contribution < -0.4 is 5.46 Å². The number of hydrogen-bond donors (Lipinski definition) is 0. The van der Waals surface area contributed by atoms with Gasteiger partial charge < -0.3 is 4.65 Å². The molecule has 0 amide bonds. The summed E-state index contributed by atoms with van der Waals surface area (Å²) >= 11 is 0. The van der Waals surface area contributed by atoms with Gasteiger partial charge in [-0.3, -0.25) is 4.79 Å². The molecule has 0 aliphatic carbocycles.